The van der Waals surface area contributed by atoms with Gasteiger partial charge in [0.1, 0.15) is 0 Å². The molecule has 0 unspecified atom stereocenters. The van der Waals surface area contributed by atoms with Crippen molar-refractivity contribution in [1.29, 1.82) is 0 Å². The normalized spacial score (nSPS) is 35.0. The summed E-state index contributed by atoms with van der Waals surface area (Å²) in [6.45, 7) is 10.1. The molecule has 3 amide bonds. The minimum Gasteiger partial charge on any atom is -0.305 e. The van der Waals surface area contributed by atoms with Gasteiger partial charge in [0, 0.05) is 11.5 Å². The quantitative estimate of drug-likeness (QED) is 0.380. The Balaban J connectivity index is 1.48. The van der Waals surface area contributed by atoms with Crippen LogP contribution in [0, 0.1) is 28.6 Å². The van der Waals surface area contributed by atoms with E-state index in [9.17, 15) is 22.8 Å². The molecule has 8 heteroatoms. The standard InChI is InChI=1S/C30H38ClF3N2O2/c1-27(2,3)20-9-10-21(30(32,33)34)25(24(20)31)35-26(38)36-22-11-8-17-18-7-6-14-28(18,4)15-12-19(17)29(22,5)16-13-23(36)37/h9-10,13,16-19,22H,6-8,11-12,14-15H2,1-5H3,(H,35,38)/t17-,18-,19-,22+,28-,29+/m0/s1. The highest BCUT2D eigenvalue weighted by molar-refractivity contribution is 6.35. The lowest BCUT2D eigenvalue weighted by atomic mass is 9.48. The second-order valence-corrected chi connectivity index (χ2v) is 13.9. The van der Waals surface area contributed by atoms with E-state index in [1.54, 1.807) is 0 Å². The number of rotatable bonds is 1. The number of hydrogen-bond donors (Lipinski definition) is 1. The summed E-state index contributed by atoms with van der Waals surface area (Å²) in [4.78, 5) is 28.0. The fourth-order valence-corrected chi connectivity index (χ4v) is 8.91. The number of urea groups is 1. The van der Waals surface area contributed by atoms with Crippen LogP contribution in [-0.4, -0.2) is 22.9 Å². The Morgan fingerprint density at radius 3 is 2.37 bits per heavy atom. The van der Waals surface area contributed by atoms with Crippen LogP contribution in [0.3, 0.4) is 0 Å². The average Bonchev–Trinajstić information content (AvgIpc) is 3.21. The smallest absolute Gasteiger partial charge is 0.305 e. The zero-order valence-corrected chi connectivity index (χ0v) is 23.6. The number of halogens is 4. The highest BCUT2D eigenvalue weighted by atomic mass is 35.5. The van der Waals surface area contributed by atoms with Crippen molar-refractivity contribution < 1.29 is 22.8 Å². The molecule has 1 N–H and O–H groups in total. The Bertz CT molecular complexity index is 1190. The van der Waals surface area contributed by atoms with Gasteiger partial charge in [0.2, 0.25) is 0 Å². The number of benzene rings is 1. The summed E-state index contributed by atoms with van der Waals surface area (Å²) in [6, 6.07) is 1.05. The van der Waals surface area contributed by atoms with Crippen molar-refractivity contribution >= 4 is 29.2 Å². The van der Waals surface area contributed by atoms with E-state index in [2.05, 4.69) is 19.2 Å². The van der Waals surface area contributed by atoms with E-state index in [-0.39, 0.29) is 5.02 Å². The number of nitrogens with zero attached hydrogens (tertiary/aromatic N) is 1. The largest absolute Gasteiger partial charge is 0.418 e. The Labute approximate surface area is 228 Å². The summed E-state index contributed by atoms with van der Waals surface area (Å²) in [7, 11) is 0. The van der Waals surface area contributed by atoms with Gasteiger partial charge in [-0.25, -0.2) is 4.79 Å². The molecule has 0 spiro atoms. The molecule has 0 saturated heterocycles. The molecule has 38 heavy (non-hydrogen) atoms. The number of carbonyl (C=O) groups excluding carboxylic acids is 2. The molecule has 0 bridgehead atoms. The predicted molar refractivity (Wildman–Crippen MR) is 143 cm³/mol. The Morgan fingerprint density at radius 2 is 1.71 bits per heavy atom. The molecule has 5 rings (SSSR count). The van der Waals surface area contributed by atoms with Crippen molar-refractivity contribution in [2.75, 3.05) is 5.32 Å². The van der Waals surface area contributed by atoms with Crippen LogP contribution >= 0.6 is 11.6 Å². The molecule has 4 aliphatic rings. The van der Waals surface area contributed by atoms with Crippen LogP contribution in [0.5, 0.6) is 0 Å². The number of fused-ring (bicyclic) bond motifs is 5. The molecule has 3 saturated carbocycles. The molecule has 0 aromatic heterocycles. The summed E-state index contributed by atoms with van der Waals surface area (Å²) >= 11 is 6.51. The number of nitrogens with one attached hydrogen (secondary N) is 1. The van der Waals surface area contributed by atoms with Gasteiger partial charge in [-0.05, 0) is 78.7 Å². The summed E-state index contributed by atoms with van der Waals surface area (Å²) in [5, 5.41) is 2.29. The first kappa shape index (κ1) is 27.5. The Hall–Kier alpha value is -2.02. The summed E-state index contributed by atoms with van der Waals surface area (Å²) in [6.07, 6.45) is 6.19. The molecule has 3 fully saturated rings. The van der Waals surface area contributed by atoms with Gasteiger partial charge >= 0.3 is 12.2 Å². The fourth-order valence-electron chi connectivity index (χ4n) is 8.41. The summed E-state index contributed by atoms with van der Waals surface area (Å²) in [5.41, 5.74) is -1.62. The molecule has 1 heterocycles. The van der Waals surface area contributed by atoms with E-state index in [1.165, 1.54) is 36.3 Å². The number of hydrogen-bond acceptors (Lipinski definition) is 2. The highest BCUT2D eigenvalue weighted by Gasteiger charge is 2.59. The minimum atomic E-state index is -4.73. The lowest BCUT2D eigenvalue weighted by molar-refractivity contribution is -0.136. The van der Waals surface area contributed by atoms with Crippen molar-refractivity contribution in [2.24, 2.45) is 28.6 Å². The maximum absolute atomic E-state index is 14.0. The van der Waals surface area contributed by atoms with Crippen LogP contribution in [0.15, 0.2) is 24.3 Å². The monoisotopic (exact) mass is 550 g/mol. The molecule has 1 aromatic carbocycles. The predicted octanol–water partition coefficient (Wildman–Crippen LogP) is 8.59. The van der Waals surface area contributed by atoms with E-state index in [4.69, 9.17) is 11.6 Å². The first-order valence-corrected chi connectivity index (χ1v) is 14.2. The van der Waals surface area contributed by atoms with Crippen molar-refractivity contribution in [3.63, 3.8) is 0 Å². The first-order valence-electron chi connectivity index (χ1n) is 13.8. The molecule has 0 radical (unpaired) electrons. The molecular formula is C30H38ClF3N2O2. The van der Waals surface area contributed by atoms with Crippen LogP contribution in [0.4, 0.5) is 23.7 Å². The van der Waals surface area contributed by atoms with Crippen molar-refractivity contribution in [3.8, 4) is 0 Å². The number of imide groups is 1. The van der Waals surface area contributed by atoms with E-state index in [0.717, 1.165) is 25.3 Å². The molecule has 6 atom stereocenters. The van der Waals surface area contributed by atoms with E-state index >= 15 is 0 Å². The van der Waals surface area contributed by atoms with Gasteiger partial charge in [0.05, 0.1) is 22.3 Å². The fraction of sp³-hybridized carbons (Fsp3) is 0.667. The van der Waals surface area contributed by atoms with Crippen LogP contribution < -0.4 is 5.32 Å². The van der Waals surface area contributed by atoms with Crippen LogP contribution in [0.25, 0.3) is 0 Å². The van der Waals surface area contributed by atoms with Gasteiger partial charge in [-0.2, -0.15) is 13.2 Å². The van der Waals surface area contributed by atoms with Gasteiger partial charge in [0.25, 0.3) is 5.91 Å². The molecular weight excluding hydrogens is 513 g/mol. The maximum atomic E-state index is 14.0. The lowest BCUT2D eigenvalue weighted by Gasteiger charge is -2.59. The van der Waals surface area contributed by atoms with Gasteiger partial charge in [0.15, 0.2) is 0 Å². The second kappa shape index (κ2) is 9.00. The van der Waals surface area contributed by atoms with Gasteiger partial charge < -0.3 is 5.32 Å². The second-order valence-electron chi connectivity index (χ2n) is 13.5. The van der Waals surface area contributed by atoms with Crippen molar-refractivity contribution in [3.05, 3.63) is 40.4 Å². The third-order valence-electron chi connectivity index (χ3n) is 10.3. The summed E-state index contributed by atoms with van der Waals surface area (Å²) in [5.74, 6) is 1.02. The number of carbonyl (C=O) groups is 2. The zero-order valence-electron chi connectivity index (χ0n) is 22.8. The van der Waals surface area contributed by atoms with E-state index in [1.807, 2.05) is 26.8 Å². The molecule has 3 aliphatic carbocycles. The lowest BCUT2D eigenvalue weighted by Crippen LogP contribution is -2.62. The average molecular weight is 551 g/mol. The molecule has 208 valence electrons. The van der Waals surface area contributed by atoms with Crippen LogP contribution in [0.1, 0.15) is 90.7 Å². The molecule has 4 nitrogen and oxygen atoms in total. The number of anilines is 1. The Kier molecular flexibility index (Phi) is 6.53. The Morgan fingerprint density at radius 1 is 1.03 bits per heavy atom. The van der Waals surface area contributed by atoms with Crippen molar-refractivity contribution in [2.45, 2.75) is 97.2 Å². The minimum absolute atomic E-state index is 0.153. The SMILES string of the molecule is CC(C)(C)c1ccc(C(F)(F)F)c(NC(=O)N2C(=O)C=C[C@]3(C)[C@H]4CC[C@]5(C)CCC[C@H]5[C@@H]4CC[C@@H]23)c1Cl. The maximum Gasteiger partial charge on any atom is 0.418 e. The first-order chi connectivity index (χ1) is 17.6. The highest BCUT2D eigenvalue weighted by Crippen LogP contribution is 2.64. The van der Waals surface area contributed by atoms with Crippen LogP contribution in [0.2, 0.25) is 5.02 Å². The van der Waals surface area contributed by atoms with E-state index in [0.29, 0.717) is 35.2 Å². The molecule has 1 aliphatic heterocycles. The van der Waals surface area contributed by atoms with Gasteiger partial charge in [-0.1, -0.05) is 64.8 Å². The topological polar surface area (TPSA) is 49.4 Å². The third-order valence-corrected chi connectivity index (χ3v) is 10.7. The zero-order chi connectivity index (χ0) is 27.8. The third kappa shape index (κ3) is 4.28. The number of alkyl halides is 3. The number of amides is 3. The van der Waals surface area contributed by atoms with E-state index < -0.39 is 46.2 Å². The van der Waals surface area contributed by atoms with Gasteiger partial charge in [-0.3, -0.25) is 9.69 Å². The summed E-state index contributed by atoms with van der Waals surface area (Å²) < 4.78 is 41.9. The molecule has 1 aromatic rings. The van der Waals surface area contributed by atoms with Crippen LogP contribution in [-0.2, 0) is 16.4 Å². The van der Waals surface area contributed by atoms with Crippen molar-refractivity contribution in [1.82, 2.24) is 4.90 Å². The van der Waals surface area contributed by atoms with Gasteiger partial charge in [-0.15, -0.1) is 0 Å².